The van der Waals surface area contributed by atoms with Crippen LogP contribution < -0.4 is 0 Å². The van der Waals surface area contributed by atoms with Gasteiger partial charge in [0.05, 0.1) is 5.69 Å². The van der Waals surface area contributed by atoms with E-state index in [1.807, 2.05) is 0 Å². The first-order valence-electron chi connectivity index (χ1n) is 13.3. The first kappa shape index (κ1) is 26.3. The van der Waals surface area contributed by atoms with Crippen LogP contribution in [0.3, 0.4) is 0 Å². The van der Waals surface area contributed by atoms with Gasteiger partial charge in [-0.1, -0.05) is 118 Å². The number of hydrogen-bond donors (Lipinski definition) is 0. The molecule has 4 rings (SSSR count). The van der Waals surface area contributed by atoms with Crippen LogP contribution in [-0.2, 0) is 5.41 Å². The SMILES string of the molecule is CCCCC(C)(C)c1nnc(-c2cccc(Br)c2)n1-c1ccc(-c2ccccc2)cc1C(C)CCC. The zero-order valence-corrected chi connectivity index (χ0v) is 23.8. The lowest BCUT2D eigenvalue weighted by Gasteiger charge is -2.27. The largest absolute Gasteiger partial charge is 0.278 e. The van der Waals surface area contributed by atoms with Crippen molar-refractivity contribution in [3.05, 3.63) is 88.7 Å². The molecule has 1 heterocycles. The molecule has 0 amide bonds. The second-order valence-electron chi connectivity index (χ2n) is 10.5. The highest BCUT2D eigenvalue weighted by Gasteiger charge is 2.30. The quantitative estimate of drug-likeness (QED) is 0.199. The van der Waals surface area contributed by atoms with Gasteiger partial charge in [-0.05, 0) is 59.7 Å². The van der Waals surface area contributed by atoms with Crippen LogP contribution in [-0.4, -0.2) is 14.8 Å². The van der Waals surface area contributed by atoms with E-state index in [2.05, 4.69) is 128 Å². The highest BCUT2D eigenvalue weighted by Crippen LogP contribution is 2.38. The van der Waals surface area contributed by atoms with Crippen LogP contribution in [0, 0.1) is 0 Å². The Hall–Kier alpha value is -2.72. The van der Waals surface area contributed by atoms with Gasteiger partial charge in [-0.25, -0.2) is 0 Å². The normalized spacial score (nSPS) is 12.6. The molecule has 4 heteroatoms. The standard InChI is InChI=1S/C32H38BrN3/c1-6-8-20-32(4,5)31-35-34-30(26-16-12-17-27(33)21-26)36(31)29-19-18-25(24-14-10-9-11-15-24)22-28(29)23(3)13-7-2/h9-12,14-19,21-23H,6-8,13,20H2,1-5H3. The van der Waals surface area contributed by atoms with Crippen LogP contribution in [0.4, 0.5) is 0 Å². The molecule has 1 unspecified atom stereocenters. The monoisotopic (exact) mass is 543 g/mol. The van der Waals surface area contributed by atoms with Crippen LogP contribution in [0.1, 0.15) is 84.0 Å². The summed E-state index contributed by atoms with van der Waals surface area (Å²) in [5.41, 5.74) is 6.00. The Morgan fingerprint density at radius 1 is 0.833 bits per heavy atom. The molecule has 0 aliphatic heterocycles. The maximum absolute atomic E-state index is 4.85. The van der Waals surface area contributed by atoms with E-state index in [1.54, 1.807) is 0 Å². The van der Waals surface area contributed by atoms with E-state index in [-0.39, 0.29) is 5.41 Å². The van der Waals surface area contributed by atoms with E-state index in [0.29, 0.717) is 5.92 Å². The van der Waals surface area contributed by atoms with Crippen LogP contribution in [0.2, 0.25) is 0 Å². The van der Waals surface area contributed by atoms with E-state index in [0.717, 1.165) is 47.4 Å². The lowest BCUT2D eigenvalue weighted by molar-refractivity contribution is 0.425. The molecule has 0 radical (unpaired) electrons. The van der Waals surface area contributed by atoms with E-state index in [1.165, 1.54) is 28.8 Å². The number of nitrogens with zero attached hydrogens (tertiary/aromatic N) is 3. The number of hydrogen-bond acceptors (Lipinski definition) is 2. The fraction of sp³-hybridized carbons (Fsp3) is 0.375. The molecule has 3 aromatic carbocycles. The summed E-state index contributed by atoms with van der Waals surface area (Å²) in [4.78, 5) is 0. The summed E-state index contributed by atoms with van der Waals surface area (Å²) in [7, 11) is 0. The third-order valence-corrected chi connectivity index (χ3v) is 7.63. The molecule has 1 aromatic heterocycles. The Morgan fingerprint density at radius 2 is 1.58 bits per heavy atom. The van der Waals surface area contributed by atoms with E-state index < -0.39 is 0 Å². The molecule has 1 atom stereocenters. The Balaban J connectivity index is 1.97. The fourth-order valence-electron chi connectivity index (χ4n) is 5.05. The van der Waals surface area contributed by atoms with Crippen molar-refractivity contribution >= 4 is 15.9 Å². The molecule has 188 valence electrons. The van der Waals surface area contributed by atoms with Crippen molar-refractivity contribution < 1.29 is 0 Å². The molecule has 0 N–H and O–H groups in total. The maximum Gasteiger partial charge on any atom is 0.168 e. The third-order valence-electron chi connectivity index (χ3n) is 7.13. The molecule has 0 spiro atoms. The van der Waals surface area contributed by atoms with Crippen molar-refractivity contribution in [3.8, 4) is 28.2 Å². The number of benzene rings is 3. The topological polar surface area (TPSA) is 30.7 Å². The number of halogens is 1. The van der Waals surface area contributed by atoms with Gasteiger partial charge >= 0.3 is 0 Å². The molecule has 4 aromatic rings. The van der Waals surface area contributed by atoms with Crippen molar-refractivity contribution in [1.29, 1.82) is 0 Å². The smallest absolute Gasteiger partial charge is 0.168 e. The van der Waals surface area contributed by atoms with Crippen molar-refractivity contribution in [3.63, 3.8) is 0 Å². The van der Waals surface area contributed by atoms with Gasteiger partial charge in [-0.15, -0.1) is 10.2 Å². The second-order valence-corrected chi connectivity index (χ2v) is 11.4. The minimum Gasteiger partial charge on any atom is -0.278 e. The number of aromatic nitrogens is 3. The average Bonchev–Trinajstić information content (AvgIpc) is 3.34. The van der Waals surface area contributed by atoms with Gasteiger partial charge in [0.2, 0.25) is 0 Å². The molecule has 3 nitrogen and oxygen atoms in total. The Labute approximate surface area is 225 Å². The summed E-state index contributed by atoms with van der Waals surface area (Å²) >= 11 is 3.66. The first-order chi connectivity index (χ1) is 17.4. The van der Waals surface area contributed by atoms with Crippen molar-refractivity contribution in [2.24, 2.45) is 0 Å². The molecule has 0 aliphatic carbocycles. The molecule has 0 saturated heterocycles. The summed E-state index contributed by atoms with van der Waals surface area (Å²) in [6.07, 6.45) is 5.68. The molecule has 0 aliphatic rings. The van der Waals surface area contributed by atoms with Crippen molar-refractivity contribution in [2.45, 2.75) is 78.1 Å². The van der Waals surface area contributed by atoms with E-state index in [9.17, 15) is 0 Å². The first-order valence-corrected chi connectivity index (χ1v) is 14.1. The van der Waals surface area contributed by atoms with Gasteiger partial charge in [0.25, 0.3) is 0 Å². The van der Waals surface area contributed by atoms with Crippen molar-refractivity contribution in [2.75, 3.05) is 0 Å². The van der Waals surface area contributed by atoms with Crippen molar-refractivity contribution in [1.82, 2.24) is 14.8 Å². The van der Waals surface area contributed by atoms with E-state index in [4.69, 9.17) is 10.2 Å². The molecular formula is C32H38BrN3. The van der Waals surface area contributed by atoms with Gasteiger partial charge in [0.1, 0.15) is 5.82 Å². The minimum absolute atomic E-state index is 0.101. The van der Waals surface area contributed by atoms with E-state index >= 15 is 0 Å². The van der Waals surface area contributed by atoms with Crippen LogP contribution in [0.25, 0.3) is 28.2 Å². The Kier molecular flexibility index (Phi) is 8.46. The van der Waals surface area contributed by atoms with Crippen LogP contribution >= 0.6 is 15.9 Å². The number of unbranched alkanes of at least 4 members (excludes halogenated alkanes) is 1. The third kappa shape index (κ3) is 5.64. The minimum atomic E-state index is -0.101. The zero-order valence-electron chi connectivity index (χ0n) is 22.3. The average molecular weight is 545 g/mol. The maximum atomic E-state index is 4.85. The van der Waals surface area contributed by atoms with Crippen LogP contribution in [0.5, 0.6) is 0 Å². The van der Waals surface area contributed by atoms with Gasteiger partial charge in [0.15, 0.2) is 5.82 Å². The van der Waals surface area contributed by atoms with Gasteiger partial charge < -0.3 is 0 Å². The molecule has 0 saturated carbocycles. The fourth-order valence-corrected chi connectivity index (χ4v) is 5.45. The highest BCUT2D eigenvalue weighted by atomic mass is 79.9. The van der Waals surface area contributed by atoms with Gasteiger partial charge in [-0.3, -0.25) is 4.57 Å². The second kappa shape index (κ2) is 11.6. The summed E-state index contributed by atoms with van der Waals surface area (Å²) in [6.45, 7) is 11.5. The summed E-state index contributed by atoms with van der Waals surface area (Å²) in [5, 5.41) is 9.65. The molecule has 0 bridgehead atoms. The highest BCUT2D eigenvalue weighted by molar-refractivity contribution is 9.10. The zero-order chi connectivity index (χ0) is 25.7. The predicted octanol–water partition coefficient (Wildman–Crippen LogP) is 9.74. The van der Waals surface area contributed by atoms with Crippen LogP contribution in [0.15, 0.2) is 77.3 Å². The summed E-state index contributed by atoms with van der Waals surface area (Å²) in [6, 6.07) is 26.0. The Bertz CT molecular complexity index is 1290. The summed E-state index contributed by atoms with van der Waals surface area (Å²) < 4.78 is 3.38. The predicted molar refractivity (Wildman–Crippen MR) is 156 cm³/mol. The Morgan fingerprint density at radius 3 is 2.28 bits per heavy atom. The van der Waals surface area contributed by atoms with Gasteiger partial charge in [0, 0.05) is 15.5 Å². The lowest BCUT2D eigenvalue weighted by atomic mass is 9.85. The lowest BCUT2D eigenvalue weighted by Crippen LogP contribution is -2.23. The number of rotatable bonds is 10. The molecular weight excluding hydrogens is 506 g/mol. The molecule has 0 fully saturated rings. The summed E-state index contributed by atoms with van der Waals surface area (Å²) in [5.74, 6) is 2.34. The van der Waals surface area contributed by atoms with Gasteiger partial charge in [-0.2, -0.15) is 0 Å². The molecule has 36 heavy (non-hydrogen) atoms.